The Morgan fingerprint density at radius 1 is 1.53 bits per heavy atom. The van der Waals surface area contributed by atoms with E-state index in [0.29, 0.717) is 19.4 Å². The highest BCUT2D eigenvalue weighted by Crippen LogP contribution is 2.23. The Labute approximate surface area is 97.7 Å². The summed E-state index contributed by atoms with van der Waals surface area (Å²) >= 11 is 3.36. The molecule has 0 heterocycles. The zero-order valence-electron chi connectivity index (χ0n) is 8.63. The van der Waals surface area contributed by atoms with Gasteiger partial charge in [0.15, 0.2) is 0 Å². The Morgan fingerprint density at radius 2 is 2.27 bits per heavy atom. The molecule has 2 N–H and O–H groups in total. The van der Waals surface area contributed by atoms with Crippen LogP contribution in [0.15, 0.2) is 22.7 Å². The molecule has 1 aromatic rings. The van der Waals surface area contributed by atoms with Crippen molar-refractivity contribution in [3.8, 4) is 5.75 Å². The first kappa shape index (κ1) is 12.2. The van der Waals surface area contributed by atoms with E-state index >= 15 is 0 Å². The number of nitrogens with two attached hydrogens (primary N) is 1. The van der Waals surface area contributed by atoms with Crippen molar-refractivity contribution in [2.24, 2.45) is 5.73 Å². The minimum atomic E-state index is 0.133. The van der Waals surface area contributed by atoms with E-state index in [1.165, 1.54) is 0 Å². The van der Waals surface area contributed by atoms with Gasteiger partial charge < -0.3 is 10.5 Å². The lowest BCUT2D eigenvalue weighted by molar-refractivity contribution is -0.118. The molecule has 3 nitrogen and oxygen atoms in total. The zero-order chi connectivity index (χ0) is 11.3. The Balaban J connectivity index is 2.82. The average Bonchev–Trinajstić information content (AvgIpc) is 2.18. The minimum absolute atomic E-state index is 0.133. The first-order chi connectivity index (χ1) is 7.17. The van der Waals surface area contributed by atoms with E-state index in [1.807, 2.05) is 18.2 Å². The third-order valence-electron chi connectivity index (χ3n) is 2.05. The molecule has 0 aliphatic carbocycles. The lowest BCUT2D eigenvalue weighted by atomic mass is 10.1. The molecule has 82 valence electrons. The molecular weight excluding hydrogens is 258 g/mol. The fraction of sp³-hybridized carbons (Fsp3) is 0.364. The van der Waals surface area contributed by atoms with Crippen LogP contribution in [0.25, 0.3) is 0 Å². The molecule has 15 heavy (non-hydrogen) atoms. The summed E-state index contributed by atoms with van der Waals surface area (Å²) in [6.45, 7) is 0.398. The lowest BCUT2D eigenvalue weighted by Gasteiger charge is -2.07. The highest BCUT2D eigenvalue weighted by molar-refractivity contribution is 9.10. The van der Waals surface area contributed by atoms with Crippen molar-refractivity contribution in [2.75, 3.05) is 13.7 Å². The maximum atomic E-state index is 11.4. The number of hydrogen-bond donors (Lipinski definition) is 1. The summed E-state index contributed by atoms with van der Waals surface area (Å²) in [5.74, 6) is 0.873. The molecule has 0 bridgehead atoms. The van der Waals surface area contributed by atoms with E-state index < -0.39 is 0 Å². The van der Waals surface area contributed by atoms with Crippen molar-refractivity contribution in [1.82, 2.24) is 0 Å². The third-order valence-corrected chi connectivity index (χ3v) is 2.55. The summed E-state index contributed by atoms with van der Waals surface area (Å²) in [7, 11) is 1.60. The number of ether oxygens (including phenoxy) is 1. The minimum Gasteiger partial charge on any atom is -0.496 e. The molecule has 0 fully saturated rings. The number of benzene rings is 1. The van der Waals surface area contributed by atoms with Crippen LogP contribution in [0, 0.1) is 0 Å². The van der Waals surface area contributed by atoms with E-state index in [0.717, 1.165) is 15.8 Å². The Morgan fingerprint density at radius 3 is 2.87 bits per heavy atom. The van der Waals surface area contributed by atoms with Crippen LogP contribution in [-0.4, -0.2) is 19.4 Å². The number of carbonyl (C=O) groups excluding carboxylic acids is 1. The van der Waals surface area contributed by atoms with E-state index in [1.54, 1.807) is 7.11 Å². The molecule has 0 saturated heterocycles. The predicted octanol–water partition coefficient (Wildman–Crippen LogP) is 1.92. The molecule has 1 aromatic carbocycles. The van der Waals surface area contributed by atoms with E-state index in [-0.39, 0.29) is 5.78 Å². The van der Waals surface area contributed by atoms with Gasteiger partial charge in [0.1, 0.15) is 11.5 Å². The largest absolute Gasteiger partial charge is 0.496 e. The number of carbonyl (C=O) groups is 1. The van der Waals surface area contributed by atoms with Gasteiger partial charge in [0, 0.05) is 22.9 Å². The molecular formula is C11H14BrNO2. The van der Waals surface area contributed by atoms with Crippen LogP contribution in [0.4, 0.5) is 0 Å². The molecule has 0 spiro atoms. The SMILES string of the molecule is COc1ccc(Br)cc1CC(=O)CCN. The fourth-order valence-corrected chi connectivity index (χ4v) is 1.76. The Bertz CT molecular complexity index is 352. The van der Waals surface area contributed by atoms with E-state index in [4.69, 9.17) is 10.5 Å². The first-order valence-electron chi connectivity index (χ1n) is 4.71. The Kier molecular flexibility index (Phi) is 4.78. The second-order valence-corrected chi connectivity index (χ2v) is 4.13. The monoisotopic (exact) mass is 271 g/mol. The molecule has 0 atom stereocenters. The molecule has 0 aliphatic rings. The van der Waals surface area contributed by atoms with Gasteiger partial charge in [0.05, 0.1) is 7.11 Å². The maximum Gasteiger partial charge on any atom is 0.138 e. The molecule has 0 saturated carbocycles. The van der Waals surface area contributed by atoms with Crippen LogP contribution in [0.1, 0.15) is 12.0 Å². The second kappa shape index (κ2) is 5.88. The van der Waals surface area contributed by atoms with Gasteiger partial charge in [-0.2, -0.15) is 0 Å². The summed E-state index contributed by atoms with van der Waals surface area (Å²) in [6.07, 6.45) is 0.787. The summed E-state index contributed by atoms with van der Waals surface area (Å²) in [6, 6.07) is 5.62. The molecule has 0 unspecified atom stereocenters. The lowest BCUT2D eigenvalue weighted by Crippen LogP contribution is -2.10. The zero-order valence-corrected chi connectivity index (χ0v) is 10.2. The van der Waals surface area contributed by atoms with Crippen LogP contribution < -0.4 is 10.5 Å². The van der Waals surface area contributed by atoms with Crippen molar-refractivity contribution in [3.05, 3.63) is 28.2 Å². The normalized spacial score (nSPS) is 10.1. The van der Waals surface area contributed by atoms with Gasteiger partial charge in [-0.3, -0.25) is 4.79 Å². The Hall–Kier alpha value is -0.870. The van der Waals surface area contributed by atoms with Crippen molar-refractivity contribution in [2.45, 2.75) is 12.8 Å². The molecule has 4 heteroatoms. The van der Waals surface area contributed by atoms with E-state index in [2.05, 4.69) is 15.9 Å². The summed E-state index contributed by atoms with van der Waals surface area (Å²) in [5.41, 5.74) is 6.22. The van der Waals surface area contributed by atoms with Crippen molar-refractivity contribution in [1.29, 1.82) is 0 Å². The van der Waals surface area contributed by atoms with Gasteiger partial charge in [0.25, 0.3) is 0 Å². The molecule has 1 rings (SSSR count). The number of rotatable bonds is 5. The van der Waals surface area contributed by atoms with Crippen LogP contribution in [0.5, 0.6) is 5.75 Å². The first-order valence-corrected chi connectivity index (χ1v) is 5.51. The summed E-state index contributed by atoms with van der Waals surface area (Å²) in [5, 5.41) is 0. The molecule has 0 aliphatic heterocycles. The quantitative estimate of drug-likeness (QED) is 0.890. The van der Waals surface area contributed by atoms with Crippen LogP contribution in [-0.2, 0) is 11.2 Å². The van der Waals surface area contributed by atoms with Crippen LogP contribution in [0.3, 0.4) is 0 Å². The van der Waals surface area contributed by atoms with E-state index in [9.17, 15) is 4.79 Å². The number of Topliss-reactive ketones (excluding diaryl/α,β-unsaturated/α-hetero) is 1. The fourth-order valence-electron chi connectivity index (χ4n) is 1.35. The second-order valence-electron chi connectivity index (χ2n) is 3.21. The summed E-state index contributed by atoms with van der Waals surface area (Å²) < 4.78 is 6.12. The molecule has 0 amide bonds. The number of hydrogen-bond acceptors (Lipinski definition) is 3. The van der Waals surface area contributed by atoms with Crippen molar-refractivity contribution in [3.63, 3.8) is 0 Å². The van der Waals surface area contributed by atoms with Gasteiger partial charge in [-0.15, -0.1) is 0 Å². The van der Waals surface area contributed by atoms with Gasteiger partial charge in [-0.05, 0) is 24.7 Å². The number of methoxy groups -OCH3 is 1. The van der Waals surface area contributed by atoms with Gasteiger partial charge in [0.2, 0.25) is 0 Å². The molecule has 0 radical (unpaired) electrons. The van der Waals surface area contributed by atoms with Crippen molar-refractivity contribution >= 4 is 21.7 Å². The van der Waals surface area contributed by atoms with Gasteiger partial charge in [-0.1, -0.05) is 15.9 Å². The topological polar surface area (TPSA) is 52.3 Å². The smallest absolute Gasteiger partial charge is 0.138 e. The predicted molar refractivity (Wildman–Crippen MR) is 63.1 cm³/mol. The third kappa shape index (κ3) is 3.64. The number of ketones is 1. The maximum absolute atomic E-state index is 11.4. The average molecular weight is 272 g/mol. The highest BCUT2D eigenvalue weighted by Gasteiger charge is 2.08. The van der Waals surface area contributed by atoms with Crippen molar-refractivity contribution < 1.29 is 9.53 Å². The van der Waals surface area contributed by atoms with Crippen LogP contribution in [0.2, 0.25) is 0 Å². The van der Waals surface area contributed by atoms with Crippen LogP contribution >= 0.6 is 15.9 Å². The summed E-state index contributed by atoms with van der Waals surface area (Å²) in [4.78, 5) is 11.4. The standard InChI is InChI=1S/C11H14BrNO2/c1-15-11-3-2-9(12)6-8(11)7-10(14)4-5-13/h2-3,6H,4-5,7,13H2,1H3. The van der Waals surface area contributed by atoms with Gasteiger partial charge >= 0.3 is 0 Å². The highest BCUT2D eigenvalue weighted by atomic mass is 79.9. The number of halogens is 1. The van der Waals surface area contributed by atoms with Gasteiger partial charge in [-0.25, -0.2) is 0 Å². The molecule has 0 aromatic heterocycles.